The van der Waals surface area contributed by atoms with E-state index in [0.717, 1.165) is 12.7 Å². The molecule has 4 rings (SSSR count). The lowest BCUT2D eigenvalue weighted by molar-refractivity contribution is -0.110. The Morgan fingerprint density at radius 1 is 1.26 bits per heavy atom. The van der Waals surface area contributed by atoms with Crippen molar-refractivity contribution in [3.8, 4) is 0 Å². The Balaban J connectivity index is 1.55. The number of fused-ring (bicyclic) bond motifs is 3. The number of hydrogen-bond donors (Lipinski definition) is 1. The van der Waals surface area contributed by atoms with Gasteiger partial charge < -0.3 is 14.8 Å². The van der Waals surface area contributed by atoms with Crippen LogP contribution in [0.2, 0.25) is 0 Å². The maximum atomic E-state index is 10.7. The highest BCUT2D eigenvalue weighted by atomic mass is 16.5. The second-order valence-corrected chi connectivity index (χ2v) is 5.69. The van der Waals surface area contributed by atoms with Crippen LogP contribution in [0.15, 0.2) is 30.3 Å². The molecule has 19 heavy (non-hydrogen) atoms. The van der Waals surface area contributed by atoms with E-state index < -0.39 is 0 Å². The van der Waals surface area contributed by atoms with Gasteiger partial charge >= 0.3 is 0 Å². The van der Waals surface area contributed by atoms with Crippen LogP contribution < -0.4 is 5.32 Å². The summed E-state index contributed by atoms with van der Waals surface area (Å²) in [6.45, 7) is 0.689. The SMILES string of the molecule is O=CC[C@@H]1N[C@H]2CC[C@@H]1C[C@@H]2OCc1ccccc1. The normalized spacial score (nSPS) is 33.3. The van der Waals surface area contributed by atoms with Gasteiger partial charge in [0.05, 0.1) is 12.7 Å². The number of piperidine rings is 2. The maximum absolute atomic E-state index is 10.7. The third-order valence-corrected chi connectivity index (χ3v) is 4.49. The van der Waals surface area contributed by atoms with E-state index in [1.165, 1.54) is 18.4 Å². The molecule has 2 heterocycles. The van der Waals surface area contributed by atoms with E-state index in [9.17, 15) is 4.79 Å². The summed E-state index contributed by atoms with van der Waals surface area (Å²) in [6.07, 6.45) is 5.51. The molecular weight excluding hydrogens is 238 g/mol. The molecule has 0 spiro atoms. The largest absolute Gasteiger partial charge is 0.372 e. The Kier molecular flexibility index (Phi) is 3.95. The lowest BCUT2D eigenvalue weighted by Gasteiger charge is -2.47. The van der Waals surface area contributed by atoms with Gasteiger partial charge in [0.25, 0.3) is 0 Å². The summed E-state index contributed by atoms with van der Waals surface area (Å²) in [4.78, 5) is 10.7. The van der Waals surface area contributed by atoms with Gasteiger partial charge in [-0.15, -0.1) is 0 Å². The molecule has 1 saturated carbocycles. The number of carbonyl (C=O) groups is 1. The third kappa shape index (κ3) is 2.88. The summed E-state index contributed by atoms with van der Waals surface area (Å²) >= 11 is 0. The number of nitrogens with one attached hydrogen (secondary N) is 1. The van der Waals surface area contributed by atoms with Gasteiger partial charge in [-0.1, -0.05) is 30.3 Å². The Labute approximate surface area is 114 Å². The fourth-order valence-electron chi connectivity index (χ4n) is 3.45. The molecule has 102 valence electrons. The molecule has 0 amide bonds. The van der Waals surface area contributed by atoms with Gasteiger partial charge in [-0.2, -0.15) is 0 Å². The van der Waals surface area contributed by atoms with Crippen molar-refractivity contribution in [1.29, 1.82) is 0 Å². The maximum Gasteiger partial charge on any atom is 0.121 e. The van der Waals surface area contributed by atoms with Gasteiger partial charge in [-0.25, -0.2) is 0 Å². The molecule has 0 radical (unpaired) electrons. The fraction of sp³-hybridized carbons (Fsp3) is 0.562. The summed E-state index contributed by atoms with van der Waals surface area (Å²) in [7, 11) is 0. The van der Waals surface area contributed by atoms with Crippen LogP contribution in [0, 0.1) is 5.92 Å². The first-order chi connectivity index (χ1) is 9.36. The van der Waals surface area contributed by atoms with Crippen molar-refractivity contribution in [2.75, 3.05) is 0 Å². The van der Waals surface area contributed by atoms with E-state index in [0.29, 0.717) is 37.1 Å². The van der Waals surface area contributed by atoms with Crippen molar-refractivity contribution in [3.63, 3.8) is 0 Å². The van der Waals surface area contributed by atoms with Crippen molar-refractivity contribution in [3.05, 3.63) is 35.9 Å². The summed E-state index contributed by atoms with van der Waals surface area (Å²) in [6, 6.07) is 11.1. The molecule has 1 aliphatic carbocycles. The van der Waals surface area contributed by atoms with Gasteiger partial charge in [0.2, 0.25) is 0 Å². The predicted molar refractivity (Wildman–Crippen MR) is 73.8 cm³/mol. The second kappa shape index (κ2) is 5.85. The highest BCUT2D eigenvalue weighted by Crippen LogP contribution is 2.36. The molecule has 2 saturated heterocycles. The summed E-state index contributed by atoms with van der Waals surface area (Å²) in [5, 5.41) is 3.58. The number of benzene rings is 1. The smallest absolute Gasteiger partial charge is 0.121 e. The van der Waals surface area contributed by atoms with Crippen molar-refractivity contribution in [2.45, 2.75) is 50.5 Å². The van der Waals surface area contributed by atoms with Crippen LogP contribution in [-0.4, -0.2) is 24.5 Å². The molecule has 3 nitrogen and oxygen atoms in total. The quantitative estimate of drug-likeness (QED) is 0.825. The molecule has 4 atom stereocenters. The minimum atomic E-state index is 0.307. The number of aldehydes is 1. The van der Waals surface area contributed by atoms with E-state index in [1.54, 1.807) is 0 Å². The monoisotopic (exact) mass is 259 g/mol. The summed E-state index contributed by atoms with van der Waals surface area (Å²) < 4.78 is 6.08. The summed E-state index contributed by atoms with van der Waals surface area (Å²) in [5.74, 6) is 0.607. The second-order valence-electron chi connectivity index (χ2n) is 5.69. The van der Waals surface area contributed by atoms with E-state index in [-0.39, 0.29) is 0 Å². The molecule has 3 aliphatic rings. The van der Waals surface area contributed by atoms with Gasteiger partial charge in [-0.3, -0.25) is 0 Å². The molecule has 1 N–H and O–H groups in total. The number of hydrogen-bond acceptors (Lipinski definition) is 3. The van der Waals surface area contributed by atoms with Crippen molar-refractivity contribution in [1.82, 2.24) is 5.32 Å². The van der Waals surface area contributed by atoms with Gasteiger partial charge in [-0.05, 0) is 30.7 Å². The highest BCUT2D eigenvalue weighted by Gasteiger charge is 2.41. The molecule has 0 unspecified atom stereocenters. The Morgan fingerprint density at radius 2 is 2.11 bits per heavy atom. The van der Waals surface area contributed by atoms with Crippen LogP contribution in [0.5, 0.6) is 0 Å². The van der Waals surface area contributed by atoms with E-state index in [1.807, 2.05) is 18.2 Å². The van der Waals surface area contributed by atoms with Crippen LogP contribution in [0.25, 0.3) is 0 Å². The van der Waals surface area contributed by atoms with Crippen LogP contribution in [0.4, 0.5) is 0 Å². The number of rotatable bonds is 5. The standard InChI is InChI=1S/C16H21NO2/c18-9-8-14-13-6-7-15(17-14)16(10-13)19-11-12-4-2-1-3-5-12/h1-5,9,13-17H,6-8,10-11H2/t13-,14+,15+,16+/m1/s1. The molecule has 1 aromatic rings. The Morgan fingerprint density at radius 3 is 2.79 bits per heavy atom. The van der Waals surface area contributed by atoms with Crippen molar-refractivity contribution in [2.24, 2.45) is 5.92 Å². The van der Waals surface area contributed by atoms with E-state index in [4.69, 9.17) is 4.74 Å². The third-order valence-electron chi connectivity index (χ3n) is 4.49. The molecule has 3 fully saturated rings. The van der Waals surface area contributed by atoms with Crippen LogP contribution >= 0.6 is 0 Å². The van der Waals surface area contributed by atoms with E-state index in [2.05, 4.69) is 17.4 Å². The first-order valence-electron chi connectivity index (χ1n) is 7.22. The average molecular weight is 259 g/mol. The zero-order valence-electron chi connectivity index (χ0n) is 11.1. The minimum Gasteiger partial charge on any atom is -0.372 e. The number of carbonyl (C=O) groups excluding carboxylic acids is 1. The van der Waals surface area contributed by atoms with E-state index >= 15 is 0 Å². The molecule has 2 bridgehead atoms. The molecule has 3 heteroatoms. The van der Waals surface area contributed by atoms with Crippen LogP contribution in [0.3, 0.4) is 0 Å². The Bertz CT molecular complexity index is 420. The molecule has 0 aromatic heterocycles. The van der Waals surface area contributed by atoms with Gasteiger partial charge in [0.1, 0.15) is 6.29 Å². The lowest BCUT2D eigenvalue weighted by atomic mass is 9.74. The lowest BCUT2D eigenvalue weighted by Crippen LogP contribution is -2.59. The first-order valence-corrected chi connectivity index (χ1v) is 7.22. The average Bonchev–Trinajstić information content (AvgIpc) is 2.48. The minimum absolute atomic E-state index is 0.307. The molecule has 1 aromatic carbocycles. The van der Waals surface area contributed by atoms with Crippen molar-refractivity contribution < 1.29 is 9.53 Å². The fourth-order valence-corrected chi connectivity index (χ4v) is 3.45. The first kappa shape index (κ1) is 12.8. The zero-order chi connectivity index (χ0) is 13.1. The predicted octanol–water partition coefficient (Wildman–Crippen LogP) is 2.30. The summed E-state index contributed by atoms with van der Waals surface area (Å²) in [5.41, 5.74) is 1.23. The van der Waals surface area contributed by atoms with Crippen LogP contribution in [0.1, 0.15) is 31.2 Å². The molecular formula is C16H21NO2. The topological polar surface area (TPSA) is 38.3 Å². The van der Waals surface area contributed by atoms with Gasteiger partial charge in [0.15, 0.2) is 0 Å². The molecule has 2 aliphatic heterocycles. The van der Waals surface area contributed by atoms with Gasteiger partial charge in [0, 0.05) is 18.5 Å². The number of ether oxygens (including phenoxy) is 1. The highest BCUT2D eigenvalue weighted by molar-refractivity contribution is 5.50. The zero-order valence-corrected chi connectivity index (χ0v) is 11.1. The Hall–Kier alpha value is -1.19. The van der Waals surface area contributed by atoms with Crippen molar-refractivity contribution >= 4 is 6.29 Å². The van der Waals surface area contributed by atoms with Crippen LogP contribution in [-0.2, 0) is 16.1 Å².